The van der Waals surface area contributed by atoms with Gasteiger partial charge in [-0.15, -0.1) is 10.2 Å². The minimum absolute atomic E-state index is 0.0264. The van der Waals surface area contributed by atoms with E-state index in [1.54, 1.807) is 16.7 Å². The number of hydrogen-bond acceptors (Lipinski definition) is 6. The lowest BCUT2D eigenvalue weighted by Crippen LogP contribution is -2.15. The fourth-order valence-corrected chi connectivity index (χ4v) is 3.97. The van der Waals surface area contributed by atoms with Gasteiger partial charge in [0, 0.05) is 23.4 Å². The van der Waals surface area contributed by atoms with Crippen LogP contribution in [-0.4, -0.2) is 31.3 Å². The van der Waals surface area contributed by atoms with Crippen molar-refractivity contribution in [3.05, 3.63) is 93.8 Å². The van der Waals surface area contributed by atoms with Crippen LogP contribution in [0.25, 0.3) is 17.1 Å². The Morgan fingerprint density at radius 1 is 1.09 bits per heavy atom. The molecule has 0 saturated carbocycles. The lowest BCUT2D eigenvalue weighted by atomic mass is 10.2. The van der Waals surface area contributed by atoms with Crippen molar-refractivity contribution in [3.8, 4) is 17.1 Å². The van der Waals surface area contributed by atoms with Crippen molar-refractivity contribution in [1.29, 1.82) is 0 Å². The zero-order chi connectivity index (χ0) is 23.4. The molecule has 33 heavy (non-hydrogen) atoms. The van der Waals surface area contributed by atoms with Crippen LogP contribution in [0.5, 0.6) is 0 Å². The van der Waals surface area contributed by atoms with Gasteiger partial charge in [-0.05, 0) is 30.3 Å². The van der Waals surface area contributed by atoms with Gasteiger partial charge in [-0.25, -0.2) is 4.39 Å². The van der Waals surface area contributed by atoms with Gasteiger partial charge in [-0.3, -0.25) is 19.5 Å². The normalized spacial score (nSPS) is 10.7. The number of nitro benzene ring substituents is 1. The minimum Gasteiger partial charge on any atom is -0.324 e. The summed E-state index contributed by atoms with van der Waals surface area (Å²) in [6, 6.07) is 19.0. The van der Waals surface area contributed by atoms with E-state index in [2.05, 4.69) is 15.5 Å². The number of nitrogens with zero attached hydrogens (tertiary/aromatic N) is 4. The van der Waals surface area contributed by atoms with Crippen LogP contribution in [0.1, 0.15) is 0 Å². The summed E-state index contributed by atoms with van der Waals surface area (Å²) in [6.45, 7) is 0. The molecule has 3 aromatic carbocycles. The van der Waals surface area contributed by atoms with E-state index in [0.29, 0.717) is 16.7 Å². The first kappa shape index (κ1) is 22.4. The first-order chi connectivity index (χ1) is 15.9. The topological polar surface area (TPSA) is 103 Å². The van der Waals surface area contributed by atoms with E-state index in [1.165, 1.54) is 30.3 Å². The number of halogens is 2. The van der Waals surface area contributed by atoms with Gasteiger partial charge in [0.25, 0.3) is 5.69 Å². The summed E-state index contributed by atoms with van der Waals surface area (Å²) >= 11 is 7.18. The Labute approximate surface area is 196 Å². The maximum Gasteiger partial charge on any atom is 0.271 e. The van der Waals surface area contributed by atoms with E-state index in [4.69, 9.17) is 11.6 Å². The average molecular weight is 484 g/mol. The molecule has 1 heterocycles. The number of nitro groups is 1. The van der Waals surface area contributed by atoms with Gasteiger partial charge < -0.3 is 5.32 Å². The molecule has 4 aromatic rings. The predicted octanol–water partition coefficient (Wildman–Crippen LogP) is 5.37. The number of nitrogens with one attached hydrogen (secondary N) is 1. The zero-order valence-electron chi connectivity index (χ0n) is 16.8. The van der Waals surface area contributed by atoms with Crippen molar-refractivity contribution < 1.29 is 14.1 Å². The molecule has 8 nitrogen and oxygen atoms in total. The maximum absolute atomic E-state index is 13.5. The molecule has 0 bridgehead atoms. The van der Waals surface area contributed by atoms with Gasteiger partial charge in [-0.2, -0.15) is 0 Å². The lowest BCUT2D eigenvalue weighted by Gasteiger charge is -2.11. The number of benzene rings is 3. The molecule has 1 N–H and O–H groups in total. The first-order valence-corrected chi connectivity index (χ1v) is 10.9. The monoisotopic (exact) mass is 483 g/mol. The maximum atomic E-state index is 13.5. The fraction of sp³-hybridized carbons (Fsp3) is 0.0455. The van der Waals surface area contributed by atoms with Crippen LogP contribution in [0.15, 0.2) is 78.0 Å². The van der Waals surface area contributed by atoms with Gasteiger partial charge in [0.05, 0.1) is 21.4 Å². The largest absolute Gasteiger partial charge is 0.324 e. The number of anilines is 1. The van der Waals surface area contributed by atoms with Gasteiger partial charge in [0.15, 0.2) is 11.0 Å². The highest BCUT2D eigenvalue weighted by Gasteiger charge is 2.18. The summed E-state index contributed by atoms with van der Waals surface area (Å²) in [5, 5.41) is 22.5. The summed E-state index contributed by atoms with van der Waals surface area (Å²) in [6.07, 6.45) is 0. The second kappa shape index (κ2) is 9.80. The molecule has 0 saturated heterocycles. The predicted molar refractivity (Wildman–Crippen MR) is 124 cm³/mol. The average Bonchev–Trinajstić information content (AvgIpc) is 3.24. The summed E-state index contributed by atoms with van der Waals surface area (Å²) in [7, 11) is 0. The number of hydrogen-bond donors (Lipinski definition) is 1. The molecule has 1 aromatic heterocycles. The molecule has 1 amide bonds. The number of carbonyl (C=O) groups is 1. The second-order valence-electron chi connectivity index (χ2n) is 6.74. The van der Waals surface area contributed by atoms with E-state index in [-0.39, 0.29) is 33.9 Å². The SMILES string of the molecule is O=C(CSc1nnc(-c2ccccc2)n1-c1ccc(F)cc1)Nc1ccc([N+](=O)[O-])cc1Cl. The smallest absolute Gasteiger partial charge is 0.271 e. The highest BCUT2D eigenvalue weighted by Crippen LogP contribution is 2.29. The molecule has 11 heteroatoms. The summed E-state index contributed by atoms with van der Waals surface area (Å²) < 4.78 is 15.2. The molecule has 0 aliphatic carbocycles. The lowest BCUT2D eigenvalue weighted by molar-refractivity contribution is -0.384. The molecule has 0 spiro atoms. The van der Waals surface area contributed by atoms with E-state index >= 15 is 0 Å². The molecule has 0 unspecified atom stereocenters. The summed E-state index contributed by atoms with van der Waals surface area (Å²) in [5.41, 5.74) is 1.54. The van der Waals surface area contributed by atoms with Crippen molar-refractivity contribution >= 4 is 40.6 Å². The molecule has 0 radical (unpaired) electrons. The Balaban J connectivity index is 1.56. The quantitative estimate of drug-likeness (QED) is 0.215. The van der Waals surface area contributed by atoms with Crippen LogP contribution >= 0.6 is 23.4 Å². The fourth-order valence-electron chi connectivity index (χ4n) is 3.00. The van der Waals surface area contributed by atoms with Crippen molar-refractivity contribution in [2.24, 2.45) is 0 Å². The van der Waals surface area contributed by atoms with Crippen LogP contribution in [-0.2, 0) is 4.79 Å². The third-order valence-electron chi connectivity index (χ3n) is 4.52. The number of rotatable bonds is 7. The first-order valence-electron chi connectivity index (χ1n) is 9.56. The molecular formula is C22H15ClFN5O3S. The van der Waals surface area contributed by atoms with Gasteiger partial charge in [0.2, 0.25) is 5.91 Å². The highest BCUT2D eigenvalue weighted by atomic mass is 35.5. The van der Waals surface area contributed by atoms with Crippen LogP contribution in [0.2, 0.25) is 5.02 Å². The Morgan fingerprint density at radius 2 is 1.82 bits per heavy atom. The standard InChI is InChI=1S/C22H15ClFN5O3S/c23-18-12-17(29(31)32)10-11-19(18)25-20(30)13-33-22-27-26-21(14-4-2-1-3-5-14)28(22)16-8-6-15(24)7-9-16/h1-12H,13H2,(H,25,30). The summed E-state index contributed by atoms with van der Waals surface area (Å²) in [4.78, 5) is 22.8. The molecular weight excluding hydrogens is 469 g/mol. The Bertz CT molecular complexity index is 1320. The van der Waals surface area contributed by atoms with Crippen molar-refractivity contribution in [2.75, 3.05) is 11.1 Å². The number of thioether (sulfide) groups is 1. The molecule has 166 valence electrons. The second-order valence-corrected chi connectivity index (χ2v) is 8.09. The minimum atomic E-state index is -0.570. The van der Waals surface area contributed by atoms with Crippen molar-refractivity contribution in [1.82, 2.24) is 14.8 Å². The van der Waals surface area contributed by atoms with Crippen LogP contribution in [0.3, 0.4) is 0 Å². The molecule has 0 aliphatic rings. The van der Waals surface area contributed by atoms with Gasteiger partial charge >= 0.3 is 0 Å². The zero-order valence-corrected chi connectivity index (χ0v) is 18.4. The van der Waals surface area contributed by atoms with Crippen LogP contribution < -0.4 is 5.32 Å². The third-order valence-corrected chi connectivity index (χ3v) is 5.76. The van der Waals surface area contributed by atoms with E-state index in [1.807, 2.05) is 30.3 Å². The molecule has 0 fully saturated rings. The Hall–Kier alpha value is -3.76. The summed E-state index contributed by atoms with van der Waals surface area (Å²) in [5.74, 6) is -0.239. The number of aromatic nitrogens is 3. The molecule has 4 rings (SSSR count). The van der Waals surface area contributed by atoms with E-state index in [9.17, 15) is 19.3 Å². The molecule has 0 atom stereocenters. The Kier molecular flexibility index (Phi) is 6.66. The third kappa shape index (κ3) is 5.18. The number of non-ortho nitro benzene ring substituents is 1. The molecule has 0 aliphatic heterocycles. The van der Waals surface area contributed by atoms with Crippen LogP contribution in [0.4, 0.5) is 15.8 Å². The van der Waals surface area contributed by atoms with E-state index in [0.717, 1.165) is 17.3 Å². The van der Waals surface area contributed by atoms with Gasteiger partial charge in [0.1, 0.15) is 5.82 Å². The number of amides is 1. The van der Waals surface area contributed by atoms with Crippen molar-refractivity contribution in [2.45, 2.75) is 5.16 Å². The van der Waals surface area contributed by atoms with Gasteiger partial charge in [-0.1, -0.05) is 53.7 Å². The van der Waals surface area contributed by atoms with E-state index < -0.39 is 4.92 Å². The Morgan fingerprint density at radius 3 is 2.48 bits per heavy atom. The highest BCUT2D eigenvalue weighted by molar-refractivity contribution is 7.99. The van der Waals surface area contributed by atoms with Crippen LogP contribution in [0, 0.1) is 15.9 Å². The van der Waals surface area contributed by atoms with Crippen molar-refractivity contribution in [3.63, 3.8) is 0 Å². The number of carbonyl (C=O) groups excluding carboxylic acids is 1.